The number of aromatic nitrogens is 4. The molecule has 2 N–H and O–H groups in total. The number of hydrogen-bond acceptors (Lipinski definition) is 5. The number of nitrogens with zero attached hydrogens (tertiary/aromatic N) is 3. The summed E-state index contributed by atoms with van der Waals surface area (Å²) in [6.07, 6.45) is 6.52. The molecule has 6 aromatic rings. The van der Waals surface area contributed by atoms with Crippen LogP contribution in [0.5, 0.6) is 11.6 Å². The van der Waals surface area contributed by atoms with Crippen LogP contribution >= 0.6 is 0 Å². The van der Waals surface area contributed by atoms with Crippen molar-refractivity contribution >= 4 is 44.4 Å². The second kappa shape index (κ2) is 8.39. The quantitative estimate of drug-likeness (QED) is 0.299. The summed E-state index contributed by atoms with van der Waals surface area (Å²) in [6.45, 7) is 3.49. The molecule has 0 aliphatic carbocycles. The summed E-state index contributed by atoms with van der Waals surface area (Å²) in [5.74, 6) is 0.744. The molecular weight excluding hydrogens is 438 g/mol. The van der Waals surface area contributed by atoms with Crippen LogP contribution in [-0.4, -0.2) is 25.8 Å². The summed E-state index contributed by atoms with van der Waals surface area (Å²) in [5.41, 5.74) is 4.98. The minimum absolute atomic E-state index is 0.259. The van der Waals surface area contributed by atoms with Crippen molar-refractivity contribution in [2.75, 3.05) is 5.32 Å². The maximum absolute atomic E-state index is 11.6. The number of ether oxygens (including phenoxy) is 1. The summed E-state index contributed by atoms with van der Waals surface area (Å²) >= 11 is 0. The van der Waals surface area contributed by atoms with E-state index in [1.165, 1.54) is 6.08 Å². The van der Waals surface area contributed by atoms with E-state index in [1.807, 2.05) is 66.9 Å². The van der Waals surface area contributed by atoms with Gasteiger partial charge in [0, 0.05) is 29.0 Å². The lowest BCUT2D eigenvalue weighted by Crippen LogP contribution is -2.06. The van der Waals surface area contributed by atoms with Gasteiger partial charge < -0.3 is 15.0 Å². The Morgan fingerprint density at radius 3 is 2.80 bits per heavy atom. The number of benzene rings is 3. The van der Waals surface area contributed by atoms with Gasteiger partial charge in [-0.1, -0.05) is 30.8 Å². The fourth-order valence-electron chi connectivity index (χ4n) is 4.07. The van der Waals surface area contributed by atoms with Crippen LogP contribution in [0.3, 0.4) is 0 Å². The number of pyridine rings is 1. The SMILES string of the molecule is C=CC(=O)Nc1ccc2ccc(Oc3cnc4[nH]cc(-c5ccc6ncccc6c5)c4n3)cc2c1. The zero-order valence-corrected chi connectivity index (χ0v) is 18.5. The zero-order valence-electron chi connectivity index (χ0n) is 18.5. The predicted octanol–water partition coefficient (Wildman–Crippen LogP) is 6.24. The van der Waals surface area contributed by atoms with Gasteiger partial charge in [-0.25, -0.2) is 9.97 Å². The first-order chi connectivity index (χ1) is 17.2. The molecule has 0 unspecified atom stereocenters. The molecule has 0 fully saturated rings. The summed E-state index contributed by atoms with van der Waals surface area (Å²) in [6, 6.07) is 21.5. The average Bonchev–Trinajstić information content (AvgIpc) is 3.31. The molecule has 3 heterocycles. The predicted molar refractivity (Wildman–Crippen MR) is 137 cm³/mol. The van der Waals surface area contributed by atoms with E-state index in [0.717, 1.165) is 38.3 Å². The van der Waals surface area contributed by atoms with Gasteiger partial charge in [-0.15, -0.1) is 0 Å². The molecule has 168 valence electrons. The standard InChI is InChI=1S/C28H19N5O2/c1-2-25(34)32-21-8-5-17-6-9-22(14-20(17)13-21)35-26-16-31-28-27(33-26)23(15-30-28)18-7-10-24-19(12-18)4-3-11-29-24/h2-16H,1H2,(H,30,31)(H,32,34). The second-order valence-corrected chi connectivity index (χ2v) is 8.04. The molecule has 7 heteroatoms. The molecule has 1 amide bonds. The minimum atomic E-state index is -0.259. The van der Waals surface area contributed by atoms with E-state index in [-0.39, 0.29) is 5.91 Å². The third kappa shape index (κ3) is 3.95. The molecule has 0 saturated carbocycles. The Morgan fingerprint density at radius 1 is 0.971 bits per heavy atom. The number of carbonyl (C=O) groups is 1. The number of nitrogens with one attached hydrogen (secondary N) is 2. The van der Waals surface area contributed by atoms with Crippen molar-refractivity contribution < 1.29 is 9.53 Å². The Balaban J connectivity index is 1.33. The van der Waals surface area contributed by atoms with E-state index in [9.17, 15) is 4.79 Å². The van der Waals surface area contributed by atoms with Gasteiger partial charge in [-0.3, -0.25) is 9.78 Å². The topological polar surface area (TPSA) is 92.8 Å². The molecule has 0 bridgehead atoms. The van der Waals surface area contributed by atoms with Crippen LogP contribution in [0.15, 0.2) is 98.0 Å². The lowest BCUT2D eigenvalue weighted by atomic mass is 10.1. The minimum Gasteiger partial charge on any atom is -0.437 e. The number of anilines is 1. The Bertz CT molecular complexity index is 1760. The molecule has 0 spiro atoms. The highest BCUT2D eigenvalue weighted by atomic mass is 16.5. The molecule has 0 aliphatic rings. The molecular formula is C28H19N5O2. The van der Waals surface area contributed by atoms with Gasteiger partial charge in [0.25, 0.3) is 0 Å². The van der Waals surface area contributed by atoms with Gasteiger partial charge in [-0.05, 0) is 64.9 Å². The van der Waals surface area contributed by atoms with Crippen molar-refractivity contribution in [1.82, 2.24) is 19.9 Å². The van der Waals surface area contributed by atoms with Crippen LogP contribution in [0.1, 0.15) is 0 Å². The Hall–Kier alpha value is -5.04. The van der Waals surface area contributed by atoms with Crippen LogP contribution in [0, 0.1) is 0 Å². The van der Waals surface area contributed by atoms with Crippen molar-refractivity contribution in [3.05, 3.63) is 98.0 Å². The van der Waals surface area contributed by atoms with Crippen LogP contribution in [0.2, 0.25) is 0 Å². The van der Waals surface area contributed by atoms with Gasteiger partial charge >= 0.3 is 0 Å². The van der Waals surface area contributed by atoms with Gasteiger partial charge in [0.2, 0.25) is 11.8 Å². The van der Waals surface area contributed by atoms with Gasteiger partial charge in [0.05, 0.1) is 11.7 Å². The van der Waals surface area contributed by atoms with Crippen molar-refractivity contribution in [3.8, 4) is 22.8 Å². The molecule has 7 nitrogen and oxygen atoms in total. The van der Waals surface area contributed by atoms with Gasteiger partial charge in [-0.2, -0.15) is 0 Å². The second-order valence-electron chi connectivity index (χ2n) is 8.04. The van der Waals surface area contributed by atoms with Crippen LogP contribution < -0.4 is 10.1 Å². The lowest BCUT2D eigenvalue weighted by molar-refractivity contribution is -0.111. The molecule has 0 saturated heterocycles. The van der Waals surface area contributed by atoms with Crippen molar-refractivity contribution in [2.24, 2.45) is 0 Å². The third-order valence-corrected chi connectivity index (χ3v) is 5.76. The summed E-state index contributed by atoms with van der Waals surface area (Å²) in [4.78, 5) is 28.4. The van der Waals surface area contributed by atoms with E-state index in [1.54, 1.807) is 12.4 Å². The summed E-state index contributed by atoms with van der Waals surface area (Å²) in [5, 5.41) is 5.77. The molecule has 3 aromatic carbocycles. The van der Waals surface area contributed by atoms with Crippen LogP contribution in [-0.2, 0) is 4.79 Å². The van der Waals surface area contributed by atoms with Gasteiger partial charge in [0.15, 0.2) is 5.65 Å². The van der Waals surface area contributed by atoms with Gasteiger partial charge in [0.1, 0.15) is 11.3 Å². The van der Waals surface area contributed by atoms with Crippen LogP contribution in [0.25, 0.3) is 44.0 Å². The monoisotopic (exact) mass is 457 g/mol. The number of aromatic amines is 1. The number of carbonyl (C=O) groups excluding carboxylic acids is 1. The fraction of sp³-hybridized carbons (Fsp3) is 0. The number of amides is 1. The summed E-state index contributed by atoms with van der Waals surface area (Å²) < 4.78 is 6.07. The fourth-order valence-corrected chi connectivity index (χ4v) is 4.07. The Morgan fingerprint density at radius 2 is 1.89 bits per heavy atom. The molecule has 6 rings (SSSR count). The Kier molecular flexibility index (Phi) is 4.93. The molecule has 35 heavy (non-hydrogen) atoms. The highest BCUT2D eigenvalue weighted by Gasteiger charge is 2.12. The first-order valence-corrected chi connectivity index (χ1v) is 11.0. The normalized spacial score (nSPS) is 11.1. The third-order valence-electron chi connectivity index (χ3n) is 5.76. The maximum Gasteiger partial charge on any atom is 0.247 e. The smallest absolute Gasteiger partial charge is 0.247 e. The highest BCUT2D eigenvalue weighted by molar-refractivity contribution is 6.00. The molecule has 0 radical (unpaired) electrons. The first-order valence-electron chi connectivity index (χ1n) is 11.0. The zero-order chi connectivity index (χ0) is 23.8. The first kappa shape index (κ1) is 20.6. The lowest BCUT2D eigenvalue weighted by Gasteiger charge is -2.08. The van der Waals surface area contributed by atoms with Crippen molar-refractivity contribution in [2.45, 2.75) is 0 Å². The largest absolute Gasteiger partial charge is 0.437 e. The van der Waals surface area contributed by atoms with E-state index in [4.69, 9.17) is 9.72 Å². The van der Waals surface area contributed by atoms with E-state index in [2.05, 4.69) is 32.9 Å². The molecule has 3 aromatic heterocycles. The van der Waals surface area contributed by atoms with E-state index < -0.39 is 0 Å². The number of rotatable bonds is 5. The summed E-state index contributed by atoms with van der Waals surface area (Å²) in [7, 11) is 0. The maximum atomic E-state index is 11.6. The molecule has 0 aliphatic heterocycles. The van der Waals surface area contributed by atoms with Crippen LogP contribution in [0.4, 0.5) is 5.69 Å². The highest BCUT2D eigenvalue weighted by Crippen LogP contribution is 2.31. The molecule has 0 atom stereocenters. The van der Waals surface area contributed by atoms with E-state index >= 15 is 0 Å². The van der Waals surface area contributed by atoms with E-state index in [0.29, 0.717) is 23.0 Å². The number of hydrogen-bond donors (Lipinski definition) is 2. The van der Waals surface area contributed by atoms with Crippen molar-refractivity contribution in [1.29, 1.82) is 0 Å². The number of H-pyrrole nitrogens is 1. The Labute approximate surface area is 200 Å². The van der Waals surface area contributed by atoms with Crippen molar-refractivity contribution in [3.63, 3.8) is 0 Å². The number of fused-ring (bicyclic) bond motifs is 3. The average molecular weight is 457 g/mol.